The molecule has 1 aliphatic rings. The molecule has 1 saturated heterocycles. The molecule has 1 atom stereocenters. The first-order valence-corrected chi connectivity index (χ1v) is 5.30. The van der Waals surface area contributed by atoms with Crippen LogP contribution in [0.2, 0.25) is 0 Å². The Morgan fingerprint density at radius 2 is 2.17 bits per heavy atom. The summed E-state index contributed by atoms with van der Waals surface area (Å²) in [5.74, 6) is -1.32. The molecule has 0 radical (unpaired) electrons. The summed E-state index contributed by atoms with van der Waals surface area (Å²) in [6.45, 7) is -0.0411. The molecule has 1 aliphatic heterocycles. The lowest BCUT2D eigenvalue weighted by atomic mass is 10.1. The third-order valence-corrected chi connectivity index (χ3v) is 4.00. The van der Waals surface area contributed by atoms with Gasteiger partial charge in [-0.15, -0.1) is 0 Å². The summed E-state index contributed by atoms with van der Waals surface area (Å²) in [6.07, 6.45) is 0.969. The number of sulfone groups is 1. The minimum Gasteiger partial charge on any atom is -0.480 e. The Morgan fingerprint density at radius 3 is 2.33 bits per heavy atom. The van der Waals surface area contributed by atoms with Crippen molar-refractivity contribution in [3.63, 3.8) is 0 Å². The van der Waals surface area contributed by atoms with E-state index in [-0.39, 0.29) is 19.6 Å². The maximum Gasteiger partial charge on any atom is 0.327 e. The van der Waals surface area contributed by atoms with Crippen molar-refractivity contribution >= 4 is 15.8 Å². The summed E-state index contributed by atoms with van der Waals surface area (Å²) in [5, 5.41) is 8.74. The van der Waals surface area contributed by atoms with Crippen LogP contribution in [0.25, 0.3) is 0 Å². The normalized spacial score (nSPS) is 30.4. The van der Waals surface area contributed by atoms with Gasteiger partial charge in [0.05, 0.1) is 6.61 Å². The van der Waals surface area contributed by atoms with E-state index in [0.717, 1.165) is 6.26 Å². The van der Waals surface area contributed by atoms with Gasteiger partial charge in [0.1, 0.15) is 0 Å². The van der Waals surface area contributed by atoms with Gasteiger partial charge in [-0.1, -0.05) is 0 Å². The molecule has 12 heavy (non-hydrogen) atoms. The zero-order chi connectivity index (χ0) is 9.41. The smallest absolute Gasteiger partial charge is 0.327 e. The highest BCUT2D eigenvalue weighted by atomic mass is 32.2. The molecule has 0 aliphatic carbocycles. The van der Waals surface area contributed by atoms with E-state index in [9.17, 15) is 13.2 Å². The summed E-state index contributed by atoms with van der Waals surface area (Å²) in [5.41, 5.74) is 0. The van der Waals surface area contributed by atoms with Crippen molar-refractivity contribution in [3.05, 3.63) is 0 Å². The third-order valence-electron chi connectivity index (χ3n) is 2.08. The monoisotopic (exact) mass is 194 g/mol. The lowest BCUT2D eigenvalue weighted by molar-refractivity contribution is -0.140. The molecular formula is C6H10O5S. The van der Waals surface area contributed by atoms with Crippen LogP contribution in [0, 0.1) is 0 Å². The minimum atomic E-state index is -3.59. The van der Waals surface area contributed by atoms with Crippen molar-refractivity contribution in [2.45, 2.75) is 11.2 Å². The van der Waals surface area contributed by atoms with Crippen LogP contribution in [-0.4, -0.2) is 43.7 Å². The molecule has 5 nitrogen and oxygen atoms in total. The fourth-order valence-corrected chi connectivity index (χ4v) is 2.23. The average Bonchev–Trinajstić information content (AvgIpc) is 2.31. The first-order valence-electron chi connectivity index (χ1n) is 3.41. The zero-order valence-electron chi connectivity index (χ0n) is 6.61. The van der Waals surface area contributed by atoms with E-state index in [1.807, 2.05) is 0 Å². The van der Waals surface area contributed by atoms with Crippen LogP contribution >= 0.6 is 0 Å². The van der Waals surface area contributed by atoms with Gasteiger partial charge in [-0.25, -0.2) is 8.42 Å². The topological polar surface area (TPSA) is 80.7 Å². The molecule has 6 heteroatoms. The molecule has 0 aromatic carbocycles. The number of rotatable bonds is 2. The fraction of sp³-hybridized carbons (Fsp3) is 0.833. The van der Waals surface area contributed by atoms with Crippen molar-refractivity contribution in [2.24, 2.45) is 0 Å². The lowest BCUT2D eigenvalue weighted by Crippen LogP contribution is -2.46. The second-order valence-electron chi connectivity index (χ2n) is 2.87. The molecule has 0 bridgehead atoms. The van der Waals surface area contributed by atoms with Crippen LogP contribution in [0.1, 0.15) is 6.42 Å². The molecule has 0 aromatic heterocycles. The predicted molar refractivity (Wildman–Crippen MR) is 40.6 cm³/mol. The Morgan fingerprint density at radius 1 is 1.58 bits per heavy atom. The number of carboxylic acid groups (broad SMARTS) is 1. The Labute approximate surface area is 70.3 Å². The van der Waals surface area contributed by atoms with Crippen molar-refractivity contribution in [3.8, 4) is 0 Å². The Kier molecular flexibility index (Phi) is 2.13. The summed E-state index contributed by atoms with van der Waals surface area (Å²) in [4.78, 5) is 10.7. The van der Waals surface area contributed by atoms with E-state index < -0.39 is 20.6 Å². The van der Waals surface area contributed by atoms with Crippen molar-refractivity contribution in [1.29, 1.82) is 0 Å². The van der Waals surface area contributed by atoms with Gasteiger partial charge < -0.3 is 9.84 Å². The van der Waals surface area contributed by atoms with Gasteiger partial charge in [0.15, 0.2) is 14.6 Å². The molecular weight excluding hydrogens is 184 g/mol. The number of hydrogen-bond donors (Lipinski definition) is 1. The number of carboxylic acids is 1. The van der Waals surface area contributed by atoms with E-state index in [2.05, 4.69) is 0 Å². The van der Waals surface area contributed by atoms with Gasteiger partial charge in [0.25, 0.3) is 0 Å². The van der Waals surface area contributed by atoms with E-state index in [0.29, 0.717) is 0 Å². The highest BCUT2D eigenvalue weighted by Crippen LogP contribution is 2.27. The maximum atomic E-state index is 11.1. The first-order chi connectivity index (χ1) is 5.40. The second kappa shape index (κ2) is 2.70. The number of aliphatic carboxylic acids is 1. The Bertz CT molecular complexity index is 285. The van der Waals surface area contributed by atoms with Crippen molar-refractivity contribution in [1.82, 2.24) is 0 Å². The molecule has 1 rings (SSSR count). The summed E-state index contributed by atoms with van der Waals surface area (Å²) in [6, 6.07) is 0. The van der Waals surface area contributed by atoms with Gasteiger partial charge in [0.2, 0.25) is 0 Å². The van der Waals surface area contributed by atoms with Crippen LogP contribution in [0.3, 0.4) is 0 Å². The largest absolute Gasteiger partial charge is 0.480 e. The number of ether oxygens (including phenoxy) is 1. The number of hydrogen-bond acceptors (Lipinski definition) is 4. The maximum absolute atomic E-state index is 11.1. The second-order valence-corrected chi connectivity index (χ2v) is 5.20. The highest BCUT2D eigenvalue weighted by Gasteiger charge is 2.51. The Hall–Kier alpha value is -0.620. The molecule has 0 aromatic rings. The first kappa shape index (κ1) is 9.47. The molecule has 1 unspecified atom stereocenters. The molecule has 0 amide bonds. The van der Waals surface area contributed by atoms with Gasteiger partial charge in [-0.05, 0) is 0 Å². The van der Waals surface area contributed by atoms with E-state index >= 15 is 0 Å². The summed E-state index contributed by atoms with van der Waals surface area (Å²) in [7, 11) is -3.59. The van der Waals surface area contributed by atoms with E-state index in [4.69, 9.17) is 9.84 Å². The van der Waals surface area contributed by atoms with Gasteiger partial charge in [-0.2, -0.15) is 0 Å². The Balaban J connectivity index is 3.12. The van der Waals surface area contributed by atoms with Gasteiger partial charge in [0, 0.05) is 19.3 Å². The molecule has 0 saturated carbocycles. The van der Waals surface area contributed by atoms with Crippen LogP contribution in [0.4, 0.5) is 0 Å². The SMILES string of the molecule is CS(=O)(=O)C1(C(=O)O)CCOC1. The van der Waals surface area contributed by atoms with Crippen LogP contribution in [0.15, 0.2) is 0 Å². The summed E-state index contributed by atoms with van der Waals surface area (Å²) >= 11 is 0. The average molecular weight is 194 g/mol. The fourth-order valence-electron chi connectivity index (χ4n) is 1.17. The third kappa shape index (κ3) is 1.21. The van der Waals surface area contributed by atoms with Gasteiger partial charge in [-0.3, -0.25) is 4.79 Å². The molecule has 1 fully saturated rings. The van der Waals surface area contributed by atoms with Crippen LogP contribution < -0.4 is 0 Å². The molecule has 1 N–H and O–H groups in total. The molecule has 0 spiro atoms. The van der Waals surface area contributed by atoms with Crippen molar-refractivity contribution < 1.29 is 23.1 Å². The minimum absolute atomic E-state index is 0.0428. The van der Waals surface area contributed by atoms with Crippen LogP contribution in [-0.2, 0) is 19.4 Å². The quantitative estimate of drug-likeness (QED) is 0.627. The summed E-state index contributed by atoms with van der Waals surface area (Å²) < 4.78 is 25.4. The van der Waals surface area contributed by atoms with Crippen LogP contribution in [0.5, 0.6) is 0 Å². The standard InChI is InChI=1S/C6H10O5S/c1-12(9,10)6(5(7)8)2-3-11-4-6/h2-4H2,1H3,(H,7,8). The predicted octanol–water partition coefficient (Wildman–Crippen LogP) is -0.725. The highest BCUT2D eigenvalue weighted by molar-refractivity contribution is 7.92. The van der Waals surface area contributed by atoms with E-state index in [1.165, 1.54) is 0 Å². The zero-order valence-corrected chi connectivity index (χ0v) is 7.43. The molecule has 70 valence electrons. The molecule has 1 heterocycles. The van der Waals surface area contributed by atoms with Gasteiger partial charge >= 0.3 is 5.97 Å². The van der Waals surface area contributed by atoms with Crippen molar-refractivity contribution in [2.75, 3.05) is 19.5 Å². The van der Waals surface area contributed by atoms with E-state index in [1.54, 1.807) is 0 Å². The number of carbonyl (C=O) groups is 1. The lowest BCUT2D eigenvalue weighted by Gasteiger charge is -2.18.